The maximum atomic E-state index is 12.5. The minimum absolute atomic E-state index is 0.0671. The topological polar surface area (TPSA) is 45.7 Å². The Labute approximate surface area is 132 Å². The second-order valence-corrected chi connectivity index (χ2v) is 6.36. The number of carbonyl (C=O) groups is 1. The molecule has 3 heterocycles. The normalized spacial score (nSPS) is 24.5. The molecular formula is C17H25N3O2. The summed E-state index contributed by atoms with van der Waals surface area (Å²) in [6, 6.07) is 6.21. The molecule has 3 rings (SSSR count). The molecule has 0 saturated carbocycles. The van der Waals surface area contributed by atoms with E-state index in [-0.39, 0.29) is 5.91 Å². The summed E-state index contributed by atoms with van der Waals surface area (Å²) in [4.78, 5) is 21.3. The lowest BCUT2D eigenvalue weighted by Gasteiger charge is -2.41. The van der Waals surface area contributed by atoms with Gasteiger partial charge in [-0.3, -0.25) is 9.69 Å². The number of piperidine rings is 1. The molecular weight excluding hydrogens is 278 g/mol. The van der Waals surface area contributed by atoms with Crippen molar-refractivity contribution in [1.29, 1.82) is 0 Å². The minimum atomic E-state index is 0.0671. The quantitative estimate of drug-likeness (QED) is 0.834. The molecule has 5 nitrogen and oxygen atoms in total. The van der Waals surface area contributed by atoms with E-state index in [4.69, 9.17) is 4.74 Å². The van der Waals surface area contributed by atoms with Crippen LogP contribution >= 0.6 is 0 Å². The van der Waals surface area contributed by atoms with Gasteiger partial charge >= 0.3 is 0 Å². The van der Waals surface area contributed by atoms with E-state index in [1.165, 1.54) is 0 Å². The van der Waals surface area contributed by atoms with E-state index in [0.717, 1.165) is 51.3 Å². The standard InChI is InChI=1S/C17H25N3O2/c1-13-4-3-5-16(18-13)17(21)19-8-6-15(7-9-19)20-10-11-22-14(2)12-20/h3-5,14-15H,6-12H2,1-2H3. The Kier molecular flexibility index (Phi) is 4.74. The Hall–Kier alpha value is -1.46. The highest BCUT2D eigenvalue weighted by molar-refractivity contribution is 5.92. The number of morpholine rings is 1. The first-order valence-electron chi connectivity index (χ1n) is 8.22. The predicted octanol–water partition coefficient (Wildman–Crippen LogP) is 1.72. The van der Waals surface area contributed by atoms with Gasteiger partial charge in [0.15, 0.2) is 0 Å². The number of ether oxygens (including phenoxy) is 1. The summed E-state index contributed by atoms with van der Waals surface area (Å²) in [5.74, 6) is 0.0671. The molecule has 0 aliphatic carbocycles. The van der Waals surface area contributed by atoms with Gasteiger partial charge < -0.3 is 9.64 Å². The van der Waals surface area contributed by atoms with E-state index >= 15 is 0 Å². The summed E-state index contributed by atoms with van der Waals surface area (Å²) >= 11 is 0. The van der Waals surface area contributed by atoms with Crippen LogP contribution in [0.2, 0.25) is 0 Å². The summed E-state index contributed by atoms with van der Waals surface area (Å²) in [5, 5.41) is 0. The zero-order chi connectivity index (χ0) is 15.5. The van der Waals surface area contributed by atoms with Crippen molar-refractivity contribution in [2.24, 2.45) is 0 Å². The number of nitrogens with zero attached hydrogens (tertiary/aromatic N) is 3. The van der Waals surface area contributed by atoms with Crippen molar-refractivity contribution in [3.05, 3.63) is 29.6 Å². The maximum absolute atomic E-state index is 12.5. The highest BCUT2D eigenvalue weighted by atomic mass is 16.5. The fourth-order valence-corrected chi connectivity index (χ4v) is 3.44. The molecule has 22 heavy (non-hydrogen) atoms. The van der Waals surface area contributed by atoms with Crippen LogP contribution in [0.15, 0.2) is 18.2 Å². The van der Waals surface area contributed by atoms with E-state index in [1.54, 1.807) is 0 Å². The Morgan fingerprint density at radius 3 is 2.73 bits per heavy atom. The van der Waals surface area contributed by atoms with Gasteiger partial charge in [-0.05, 0) is 38.8 Å². The van der Waals surface area contributed by atoms with Gasteiger partial charge in [0.1, 0.15) is 5.69 Å². The number of rotatable bonds is 2. The fraction of sp³-hybridized carbons (Fsp3) is 0.647. The second-order valence-electron chi connectivity index (χ2n) is 6.36. The molecule has 2 saturated heterocycles. The molecule has 1 unspecified atom stereocenters. The molecule has 120 valence electrons. The van der Waals surface area contributed by atoms with Gasteiger partial charge in [-0.25, -0.2) is 4.98 Å². The molecule has 0 aromatic carbocycles. The third kappa shape index (κ3) is 3.47. The number of hydrogen-bond donors (Lipinski definition) is 0. The lowest BCUT2D eigenvalue weighted by Crippen LogP contribution is -2.51. The van der Waals surface area contributed by atoms with Gasteiger partial charge in [0.2, 0.25) is 0 Å². The van der Waals surface area contributed by atoms with Crippen LogP contribution in [-0.4, -0.2) is 65.6 Å². The van der Waals surface area contributed by atoms with Crippen LogP contribution in [0.3, 0.4) is 0 Å². The maximum Gasteiger partial charge on any atom is 0.272 e. The highest BCUT2D eigenvalue weighted by Crippen LogP contribution is 2.20. The number of hydrogen-bond acceptors (Lipinski definition) is 4. The largest absolute Gasteiger partial charge is 0.376 e. The van der Waals surface area contributed by atoms with Gasteiger partial charge in [-0.1, -0.05) is 6.07 Å². The summed E-state index contributed by atoms with van der Waals surface area (Å²) in [7, 11) is 0. The molecule has 1 amide bonds. The van der Waals surface area contributed by atoms with E-state index in [2.05, 4.69) is 16.8 Å². The van der Waals surface area contributed by atoms with Crippen LogP contribution in [0.4, 0.5) is 0 Å². The summed E-state index contributed by atoms with van der Waals surface area (Å²) < 4.78 is 5.61. The summed E-state index contributed by atoms with van der Waals surface area (Å²) in [6.45, 7) is 8.56. The molecule has 0 spiro atoms. The Morgan fingerprint density at radius 1 is 1.27 bits per heavy atom. The molecule has 0 bridgehead atoms. The van der Waals surface area contributed by atoms with Crippen LogP contribution in [0.1, 0.15) is 35.9 Å². The molecule has 1 atom stereocenters. The third-order valence-electron chi connectivity index (χ3n) is 4.65. The van der Waals surface area contributed by atoms with Crippen LogP contribution in [0, 0.1) is 6.92 Å². The van der Waals surface area contributed by atoms with Gasteiger partial charge in [0.05, 0.1) is 12.7 Å². The van der Waals surface area contributed by atoms with Gasteiger partial charge in [-0.2, -0.15) is 0 Å². The lowest BCUT2D eigenvalue weighted by molar-refractivity contribution is -0.0424. The van der Waals surface area contributed by atoms with Gasteiger partial charge in [-0.15, -0.1) is 0 Å². The zero-order valence-corrected chi connectivity index (χ0v) is 13.5. The molecule has 0 radical (unpaired) electrons. The Balaban J connectivity index is 1.56. The van der Waals surface area contributed by atoms with Crippen molar-refractivity contribution >= 4 is 5.91 Å². The van der Waals surface area contributed by atoms with Crippen LogP contribution < -0.4 is 0 Å². The number of likely N-dealkylation sites (tertiary alicyclic amines) is 1. The van der Waals surface area contributed by atoms with Crippen LogP contribution in [0.25, 0.3) is 0 Å². The Morgan fingerprint density at radius 2 is 2.05 bits per heavy atom. The summed E-state index contributed by atoms with van der Waals surface area (Å²) in [5.41, 5.74) is 1.46. The van der Waals surface area contributed by atoms with Crippen molar-refractivity contribution in [1.82, 2.24) is 14.8 Å². The SMILES string of the molecule is Cc1cccc(C(=O)N2CCC(N3CCOC(C)C3)CC2)n1. The third-order valence-corrected chi connectivity index (χ3v) is 4.65. The molecule has 2 fully saturated rings. The van der Waals surface area contributed by atoms with Crippen molar-refractivity contribution < 1.29 is 9.53 Å². The van der Waals surface area contributed by atoms with E-state index < -0.39 is 0 Å². The monoisotopic (exact) mass is 303 g/mol. The number of carbonyl (C=O) groups excluding carboxylic acids is 1. The van der Waals surface area contributed by atoms with Crippen LogP contribution in [-0.2, 0) is 4.74 Å². The average molecular weight is 303 g/mol. The number of aryl methyl sites for hydroxylation is 1. The molecule has 1 aromatic heterocycles. The van der Waals surface area contributed by atoms with Crippen LogP contribution in [0.5, 0.6) is 0 Å². The molecule has 2 aliphatic rings. The zero-order valence-electron chi connectivity index (χ0n) is 13.5. The molecule has 1 aromatic rings. The van der Waals surface area contributed by atoms with Gasteiger partial charge in [0, 0.05) is 37.9 Å². The molecule has 2 aliphatic heterocycles. The van der Waals surface area contributed by atoms with Gasteiger partial charge in [0.25, 0.3) is 5.91 Å². The molecule has 0 N–H and O–H groups in total. The van der Waals surface area contributed by atoms with Crippen molar-refractivity contribution in [3.63, 3.8) is 0 Å². The fourth-order valence-electron chi connectivity index (χ4n) is 3.44. The predicted molar refractivity (Wildman–Crippen MR) is 84.9 cm³/mol. The number of amides is 1. The highest BCUT2D eigenvalue weighted by Gasteiger charge is 2.30. The number of pyridine rings is 1. The van der Waals surface area contributed by atoms with Crippen molar-refractivity contribution in [2.75, 3.05) is 32.8 Å². The first kappa shape index (κ1) is 15.4. The number of aromatic nitrogens is 1. The summed E-state index contributed by atoms with van der Waals surface area (Å²) in [6.07, 6.45) is 2.42. The lowest BCUT2D eigenvalue weighted by atomic mass is 10.0. The van der Waals surface area contributed by atoms with Crippen molar-refractivity contribution in [3.8, 4) is 0 Å². The first-order valence-corrected chi connectivity index (χ1v) is 8.22. The van der Waals surface area contributed by atoms with E-state index in [1.807, 2.05) is 30.0 Å². The average Bonchev–Trinajstić information content (AvgIpc) is 2.54. The first-order chi connectivity index (χ1) is 10.6. The van der Waals surface area contributed by atoms with Crippen molar-refractivity contribution in [2.45, 2.75) is 38.8 Å². The second kappa shape index (κ2) is 6.75. The molecule has 5 heteroatoms. The van der Waals surface area contributed by atoms with E-state index in [0.29, 0.717) is 17.8 Å². The smallest absolute Gasteiger partial charge is 0.272 e. The minimum Gasteiger partial charge on any atom is -0.376 e. The van der Waals surface area contributed by atoms with E-state index in [9.17, 15) is 4.79 Å². The Bertz CT molecular complexity index is 526.